The van der Waals surface area contributed by atoms with Gasteiger partial charge in [-0.15, -0.1) is 0 Å². The van der Waals surface area contributed by atoms with E-state index in [1.54, 1.807) is 52.2 Å². The van der Waals surface area contributed by atoms with Crippen LogP contribution in [-0.4, -0.2) is 76.5 Å². The number of pyridine rings is 3. The first-order valence-corrected chi connectivity index (χ1v) is 18.5. The van der Waals surface area contributed by atoms with Gasteiger partial charge in [-0.3, -0.25) is 14.1 Å². The van der Waals surface area contributed by atoms with Crippen LogP contribution in [0.1, 0.15) is 71.7 Å². The number of anilines is 2. The van der Waals surface area contributed by atoms with E-state index in [9.17, 15) is 19.2 Å². The summed E-state index contributed by atoms with van der Waals surface area (Å²) in [6, 6.07) is 7.79. The van der Waals surface area contributed by atoms with Crippen molar-refractivity contribution >= 4 is 68.6 Å². The third kappa shape index (κ3) is 7.03. The van der Waals surface area contributed by atoms with E-state index in [1.165, 1.54) is 28.5 Å². The number of carbonyl (C=O) groups is 3. The predicted octanol–water partition coefficient (Wildman–Crippen LogP) is 7.83. The Kier molecular flexibility index (Phi) is 9.26. The average Bonchev–Trinajstić information content (AvgIpc) is 3.38. The highest BCUT2D eigenvalue weighted by Crippen LogP contribution is 2.56. The molecule has 0 bridgehead atoms. The van der Waals surface area contributed by atoms with Gasteiger partial charge in [0, 0.05) is 72.1 Å². The molecule has 55 heavy (non-hydrogen) atoms. The van der Waals surface area contributed by atoms with Gasteiger partial charge >= 0.3 is 18.2 Å². The van der Waals surface area contributed by atoms with E-state index < -0.39 is 40.7 Å². The highest BCUT2D eigenvalue weighted by atomic mass is 35.5. The van der Waals surface area contributed by atoms with Crippen molar-refractivity contribution in [1.82, 2.24) is 19.7 Å². The molecule has 4 aromatic heterocycles. The number of benzene rings is 1. The first-order valence-electron chi connectivity index (χ1n) is 18.2. The highest BCUT2D eigenvalue weighted by Gasteiger charge is 2.59. The number of hydrogen-bond acceptors (Lipinski definition) is 9. The third-order valence-electron chi connectivity index (χ3n) is 10.0. The highest BCUT2D eigenvalue weighted by molar-refractivity contribution is 6.40. The number of fused-ring (bicyclic) bond motifs is 4. The van der Waals surface area contributed by atoms with Gasteiger partial charge in [-0.2, -0.15) is 0 Å². The van der Waals surface area contributed by atoms with E-state index in [1.807, 2.05) is 26.8 Å². The molecule has 2 aliphatic rings. The number of hydrogen-bond donors (Lipinski definition) is 2. The molecule has 2 fully saturated rings. The third-order valence-corrected chi connectivity index (χ3v) is 10.4. The number of ether oxygens (including phenoxy) is 3. The summed E-state index contributed by atoms with van der Waals surface area (Å²) in [4.78, 5) is 63.7. The Labute approximate surface area is 321 Å². The summed E-state index contributed by atoms with van der Waals surface area (Å²) in [5.74, 6) is -1.47. The van der Waals surface area contributed by atoms with Crippen LogP contribution in [0.5, 0.6) is 0 Å². The van der Waals surface area contributed by atoms with Gasteiger partial charge in [0.05, 0.1) is 33.9 Å². The first-order chi connectivity index (χ1) is 25.8. The smallest absolute Gasteiger partial charge is 0.414 e. The topological polar surface area (TPSA) is 148 Å². The molecule has 0 unspecified atom stereocenters. The Morgan fingerprint density at radius 2 is 1.80 bits per heavy atom. The van der Waals surface area contributed by atoms with Crippen LogP contribution in [0.25, 0.3) is 38.6 Å². The monoisotopic (exact) mass is 774 g/mol. The molecule has 1 saturated heterocycles. The summed E-state index contributed by atoms with van der Waals surface area (Å²) in [5, 5.41) is 3.69. The van der Waals surface area contributed by atoms with Crippen LogP contribution in [0, 0.1) is 11.2 Å². The fourth-order valence-corrected chi connectivity index (χ4v) is 7.66. The number of nitrogens with one attached hydrogen (secondary N) is 2. The first kappa shape index (κ1) is 37.9. The number of esters is 1. The minimum atomic E-state index is -0.802. The van der Waals surface area contributed by atoms with Crippen LogP contribution in [0.2, 0.25) is 5.02 Å². The summed E-state index contributed by atoms with van der Waals surface area (Å²) >= 11 is 6.83. The van der Waals surface area contributed by atoms with E-state index in [-0.39, 0.29) is 34.3 Å². The summed E-state index contributed by atoms with van der Waals surface area (Å²) in [5.41, 5.74) is 1.04. The lowest BCUT2D eigenvalue weighted by Crippen LogP contribution is -2.36. The summed E-state index contributed by atoms with van der Waals surface area (Å²) < 4.78 is 33.6. The molecule has 1 aliphatic carbocycles. The number of halogens is 2. The molecule has 15 heteroatoms. The summed E-state index contributed by atoms with van der Waals surface area (Å²) in [6.45, 7) is 13.6. The molecule has 2 atom stereocenters. The van der Waals surface area contributed by atoms with Gasteiger partial charge in [-0.25, -0.2) is 23.8 Å². The van der Waals surface area contributed by atoms with E-state index in [0.717, 1.165) is 12.8 Å². The molecule has 13 nitrogen and oxygen atoms in total. The Balaban J connectivity index is 1.41. The molecule has 1 spiro atoms. The SMILES string of the molecule is CCOC(=O)c1ccc2ccc(-c3cnc4[nH]c5c(N(C)C(=O)OC(C)(C)C)cc(F)c(Cl)c5c4c3N3CC[C@@]4(C[C@@H]4NC(=O)OC(C)(C)C)C3)cn2c1=O. The van der Waals surface area contributed by atoms with Gasteiger partial charge in [-0.05, 0) is 79.5 Å². The fraction of sp³-hybridized carbons (Fsp3) is 0.425. The van der Waals surface area contributed by atoms with Crippen LogP contribution >= 0.6 is 11.6 Å². The van der Waals surface area contributed by atoms with Crippen molar-refractivity contribution in [3.63, 3.8) is 0 Å². The van der Waals surface area contributed by atoms with Crippen molar-refractivity contribution < 1.29 is 33.0 Å². The van der Waals surface area contributed by atoms with Gasteiger partial charge in [0.25, 0.3) is 5.56 Å². The molecule has 5 heterocycles. The fourth-order valence-electron chi connectivity index (χ4n) is 7.42. The van der Waals surface area contributed by atoms with E-state index in [0.29, 0.717) is 57.4 Å². The number of alkyl carbamates (subject to hydrolysis) is 1. The van der Waals surface area contributed by atoms with Crippen LogP contribution in [0.15, 0.2) is 47.5 Å². The standard InChI is InChI=1S/C40H44ClFN6O7/c1-9-53-35(50)23-13-12-22-11-10-21(19-48(22)34(23)49)24-18-43-33-29(32(24)47-15-14-40(20-47)17-27(40)44-36(51)54-38(2,3)4)28-30(41)25(42)16-26(31(28)45-33)46(8)37(52)55-39(5,6)7/h10-13,16,18-19,27H,9,14-15,17,20H2,1-8H3,(H,43,45)(H,44,51)/t27-,40+/m0/s1. The molecule has 2 amide bonds. The maximum absolute atomic E-state index is 15.9. The van der Waals surface area contributed by atoms with Crippen LogP contribution < -0.4 is 20.7 Å². The van der Waals surface area contributed by atoms with Gasteiger partial charge in [0.15, 0.2) is 0 Å². The zero-order valence-electron chi connectivity index (χ0n) is 32.1. The normalized spacial score (nSPS) is 18.3. The predicted molar refractivity (Wildman–Crippen MR) is 209 cm³/mol. The second-order valence-corrected chi connectivity index (χ2v) is 16.7. The van der Waals surface area contributed by atoms with Crippen LogP contribution in [0.4, 0.5) is 25.4 Å². The number of amides is 2. The lowest BCUT2D eigenvalue weighted by molar-refractivity contribution is 0.0509. The minimum absolute atomic E-state index is 0.107. The molecule has 5 aromatic rings. The number of carbonyl (C=O) groups excluding carboxylic acids is 3. The second-order valence-electron chi connectivity index (χ2n) is 16.3. The molecule has 290 valence electrons. The maximum atomic E-state index is 15.9. The number of rotatable bonds is 6. The van der Waals surface area contributed by atoms with Crippen molar-refractivity contribution in [2.45, 2.75) is 78.6 Å². The Morgan fingerprint density at radius 1 is 1.09 bits per heavy atom. The largest absolute Gasteiger partial charge is 0.462 e. The molecule has 0 radical (unpaired) electrons. The average molecular weight is 775 g/mol. The van der Waals surface area contributed by atoms with Gasteiger partial charge in [-0.1, -0.05) is 17.7 Å². The Bertz CT molecular complexity index is 2470. The number of aromatic amines is 1. The number of H-pyrrole nitrogens is 1. The minimum Gasteiger partial charge on any atom is -0.462 e. The molecular weight excluding hydrogens is 731 g/mol. The van der Waals surface area contributed by atoms with Crippen molar-refractivity contribution in [3.05, 3.63) is 69.5 Å². The lowest BCUT2D eigenvalue weighted by Gasteiger charge is -2.25. The lowest BCUT2D eigenvalue weighted by atomic mass is 10.0. The van der Waals surface area contributed by atoms with E-state index >= 15 is 4.39 Å². The summed E-state index contributed by atoms with van der Waals surface area (Å²) in [7, 11) is 1.49. The van der Waals surface area contributed by atoms with Gasteiger partial charge in [0.1, 0.15) is 28.2 Å². The van der Waals surface area contributed by atoms with Crippen LogP contribution in [0.3, 0.4) is 0 Å². The quantitative estimate of drug-likeness (QED) is 0.130. The molecular formula is C40H44ClFN6O7. The van der Waals surface area contributed by atoms with E-state index in [4.69, 9.17) is 30.8 Å². The zero-order chi connectivity index (χ0) is 39.8. The molecule has 7 rings (SSSR count). The summed E-state index contributed by atoms with van der Waals surface area (Å²) in [6.07, 6.45) is 3.62. The second kappa shape index (κ2) is 13.4. The maximum Gasteiger partial charge on any atom is 0.414 e. The molecule has 2 N–H and O–H groups in total. The molecule has 1 saturated carbocycles. The van der Waals surface area contributed by atoms with Crippen LogP contribution in [-0.2, 0) is 14.2 Å². The Morgan fingerprint density at radius 3 is 2.49 bits per heavy atom. The Hall–Kier alpha value is -5.37. The van der Waals surface area contributed by atoms with Gasteiger partial charge < -0.3 is 29.4 Å². The number of nitrogens with zero attached hydrogens (tertiary/aromatic N) is 4. The molecule has 1 aliphatic heterocycles. The van der Waals surface area contributed by atoms with Crippen molar-refractivity contribution in [2.24, 2.45) is 5.41 Å². The number of aromatic nitrogens is 3. The van der Waals surface area contributed by atoms with E-state index in [2.05, 4.69) is 15.2 Å². The van der Waals surface area contributed by atoms with Gasteiger partial charge in [0.2, 0.25) is 0 Å². The van der Waals surface area contributed by atoms with Crippen molar-refractivity contribution in [3.8, 4) is 11.1 Å². The molecule has 1 aromatic carbocycles. The van der Waals surface area contributed by atoms with Crippen molar-refractivity contribution in [2.75, 3.05) is 36.5 Å². The van der Waals surface area contributed by atoms with Crippen molar-refractivity contribution in [1.29, 1.82) is 0 Å². The zero-order valence-corrected chi connectivity index (χ0v) is 32.8.